The molecule has 0 aliphatic rings. The Kier molecular flexibility index (Phi) is 4.20. The van der Waals surface area contributed by atoms with E-state index in [0.717, 1.165) is 0 Å². The highest BCUT2D eigenvalue weighted by atomic mass is 32.1. The number of carbonyl (C=O) groups is 1. The number of carbonyl (C=O) groups excluding carboxylic acids is 1. The Morgan fingerprint density at radius 1 is 1.23 bits per heavy atom. The lowest BCUT2D eigenvalue weighted by Crippen LogP contribution is -2.14. The maximum absolute atomic E-state index is 13.7. The quantitative estimate of drug-likeness (QED) is 0.801. The first-order valence-corrected chi connectivity index (χ1v) is 7.49. The van der Waals surface area contributed by atoms with Crippen LogP contribution in [0.4, 0.5) is 10.1 Å². The van der Waals surface area contributed by atoms with Gasteiger partial charge in [0.2, 0.25) is 5.91 Å². The highest BCUT2D eigenvalue weighted by Gasteiger charge is 2.11. The Labute approximate surface area is 130 Å². The number of nitrogens with one attached hydrogen (secondary N) is 1. The zero-order valence-electron chi connectivity index (χ0n) is 11.5. The van der Waals surface area contributed by atoms with Gasteiger partial charge in [0.25, 0.3) is 0 Å². The van der Waals surface area contributed by atoms with Crippen molar-refractivity contribution in [3.63, 3.8) is 0 Å². The van der Waals surface area contributed by atoms with Crippen LogP contribution in [-0.4, -0.2) is 15.9 Å². The Morgan fingerprint density at radius 3 is 2.86 bits per heavy atom. The lowest BCUT2D eigenvalue weighted by Gasteiger charge is -2.02. The predicted molar refractivity (Wildman–Crippen MR) is 84.1 cm³/mol. The predicted octanol–water partition coefficient (Wildman–Crippen LogP) is 3.53. The molecule has 0 unspecified atom stereocenters. The topological polar surface area (TPSA) is 54.9 Å². The number of benzene rings is 1. The van der Waals surface area contributed by atoms with Crippen LogP contribution in [0, 0.1) is 5.82 Å². The highest BCUT2D eigenvalue weighted by Crippen LogP contribution is 2.26. The van der Waals surface area contributed by atoms with E-state index in [2.05, 4.69) is 15.3 Å². The first-order chi connectivity index (χ1) is 10.7. The molecule has 2 aromatic heterocycles. The van der Waals surface area contributed by atoms with Gasteiger partial charge < -0.3 is 5.32 Å². The van der Waals surface area contributed by atoms with Crippen LogP contribution in [0.5, 0.6) is 0 Å². The number of amides is 1. The molecule has 0 aliphatic heterocycles. The average molecular weight is 313 g/mol. The van der Waals surface area contributed by atoms with Gasteiger partial charge in [-0.3, -0.25) is 9.78 Å². The molecule has 110 valence electrons. The fraction of sp³-hybridized carbons (Fsp3) is 0.0625. The number of hydrogen-bond donors (Lipinski definition) is 1. The summed E-state index contributed by atoms with van der Waals surface area (Å²) in [6.07, 6.45) is 3.35. The fourth-order valence-corrected chi connectivity index (χ4v) is 2.80. The van der Waals surface area contributed by atoms with Gasteiger partial charge in [0, 0.05) is 17.1 Å². The Balaban J connectivity index is 1.70. The molecule has 0 fully saturated rings. The molecule has 4 nitrogen and oxygen atoms in total. The molecule has 2 heterocycles. The Morgan fingerprint density at radius 2 is 2.09 bits per heavy atom. The smallest absolute Gasteiger partial charge is 0.230 e. The van der Waals surface area contributed by atoms with Gasteiger partial charge in [0.05, 0.1) is 24.0 Å². The van der Waals surface area contributed by atoms with Gasteiger partial charge in [0.1, 0.15) is 10.8 Å². The van der Waals surface area contributed by atoms with E-state index in [1.165, 1.54) is 17.4 Å². The lowest BCUT2D eigenvalue weighted by atomic mass is 10.2. The number of pyridine rings is 1. The summed E-state index contributed by atoms with van der Waals surface area (Å²) in [5, 5.41) is 5.08. The maximum Gasteiger partial charge on any atom is 0.230 e. The summed E-state index contributed by atoms with van der Waals surface area (Å²) in [7, 11) is 0. The standard InChI is InChI=1S/C16H12FN3OS/c17-14-6-2-1-5-13(14)16-20-12(10-22-16)8-15(21)19-11-4-3-7-18-9-11/h1-7,9-10H,8H2,(H,19,21). The summed E-state index contributed by atoms with van der Waals surface area (Å²) >= 11 is 1.32. The van der Waals surface area contributed by atoms with Gasteiger partial charge in [0.15, 0.2) is 0 Å². The Hall–Kier alpha value is -2.60. The van der Waals surface area contributed by atoms with Gasteiger partial charge in [-0.2, -0.15) is 0 Å². The lowest BCUT2D eigenvalue weighted by molar-refractivity contribution is -0.115. The van der Waals surface area contributed by atoms with E-state index in [0.29, 0.717) is 22.0 Å². The minimum absolute atomic E-state index is 0.139. The molecule has 0 saturated carbocycles. The third-order valence-electron chi connectivity index (χ3n) is 2.94. The minimum atomic E-state index is -0.316. The first kappa shape index (κ1) is 14.3. The van der Waals surface area contributed by atoms with E-state index in [1.807, 2.05) is 0 Å². The van der Waals surface area contributed by atoms with Gasteiger partial charge in [-0.15, -0.1) is 11.3 Å². The second kappa shape index (κ2) is 6.44. The monoisotopic (exact) mass is 313 g/mol. The molecule has 3 rings (SSSR count). The van der Waals surface area contributed by atoms with E-state index in [1.54, 1.807) is 48.1 Å². The molecule has 1 N–H and O–H groups in total. The maximum atomic E-state index is 13.7. The number of aromatic nitrogens is 2. The highest BCUT2D eigenvalue weighted by molar-refractivity contribution is 7.13. The molecular weight excluding hydrogens is 301 g/mol. The molecule has 22 heavy (non-hydrogen) atoms. The third-order valence-corrected chi connectivity index (χ3v) is 3.87. The molecule has 0 saturated heterocycles. The minimum Gasteiger partial charge on any atom is -0.324 e. The van der Waals surface area contributed by atoms with Crippen molar-refractivity contribution in [2.24, 2.45) is 0 Å². The van der Waals surface area contributed by atoms with Crippen LogP contribution in [0.2, 0.25) is 0 Å². The van der Waals surface area contributed by atoms with E-state index in [4.69, 9.17) is 0 Å². The van der Waals surface area contributed by atoms with Crippen LogP contribution >= 0.6 is 11.3 Å². The van der Waals surface area contributed by atoms with Crippen molar-refractivity contribution in [1.29, 1.82) is 0 Å². The second-order valence-corrected chi connectivity index (χ2v) is 5.45. The molecule has 0 spiro atoms. The van der Waals surface area contributed by atoms with Crippen molar-refractivity contribution < 1.29 is 9.18 Å². The Bertz CT molecular complexity index is 789. The molecule has 0 bridgehead atoms. The molecule has 6 heteroatoms. The summed E-state index contributed by atoms with van der Waals surface area (Å²) < 4.78 is 13.7. The number of anilines is 1. The zero-order chi connectivity index (χ0) is 15.4. The second-order valence-electron chi connectivity index (χ2n) is 4.59. The largest absolute Gasteiger partial charge is 0.324 e. The van der Waals surface area contributed by atoms with E-state index in [-0.39, 0.29) is 18.1 Å². The van der Waals surface area contributed by atoms with Crippen molar-refractivity contribution >= 4 is 22.9 Å². The summed E-state index contributed by atoms with van der Waals surface area (Å²) in [5.74, 6) is -0.499. The number of nitrogens with zero attached hydrogens (tertiary/aromatic N) is 2. The molecule has 0 aliphatic carbocycles. The van der Waals surface area contributed by atoms with E-state index >= 15 is 0 Å². The third kappa shape index (κ3) is 3.35. The van der Waals surface area contributed by atoms with Gasteiger partial charge in [-0.25, -0.2) is 9.37 Å². The van der Waals surface area contributed by atoms with Crippen molar-refractivity contribution in [3.05, 3.63) is 65.7 Å². The fourth-order valence-electron chi connectivity index (χ4n) is 1.95. The first-order valence-electron chi connectivity index (χ1n) is 6.61. The van der Waals surface area contributed by atoms with Gasteiger partial charge in [-0.1, -0.05) is 12.1 Å². The molecule has 1 amide bonds. The number of halogens is 1. The average Bonchev–Trinajstić information content (AvgIpc) is 2.97. The van der Waals surface area contributed by atoms with Crippen LogP contribution in [0.15, 0.2) is 54.2 Å². The SMILES string of the molecule is O=C(Cc1csc(-c2ccccc2F)n1)Nc1cccnc1. The molecule has 0 atom stereocenters. The van der Waals surface area contributed by atoms with Gasteiger partial charge >= 0.3 is 0 Å². The number of rotatable bonds is 4. The number of thiazole rings is 1. The van der Waals surface area contributed by atoms with Crippen LogP contribution in [0.1, 0.15) is 5.69 Å². The van der Waals surface area contributed by atoms with E-state index < -0.39 is 0 Å². The molecule has 0 radical (unpaired) electrons. The summed E-state index contributed by atoms with van der Waals surface area (Å²) in [6.45, 7) is 0. The van der Waals surface area contributed by atoms with Crippen molar-refractivity contribution in [2.75, 3.05) is 5.32 Å². The molecule has 3 aromatic rings. The summed E-state index contributed by atoms with van der Waals surface area (Å²) in [4.78, 5) is 20.2. The summed E-state index contributed by atoms with van der Waals surface area (Å²) in [5.41, 5.74) is 1.70. The van der Waals surface area contributed by atoms with Crippen molar-refractivity contribution in [2.45, 2.75) is 6.42 Å². The molecular formula is C16H12FN3OS. The normalized spacial score (nSPS) is 10.4. The van der Waals surface area contributed by atoms with E-state index in [9.17, 15) is 9.18 Å². The van der Waals surface area contributed by atoms with Crippen LogP contribution in [0.25, 0.3) is 10.6 Å². The summed E-state index contributed by atoms with van der Waals surface area (Å²) in [6, 6.07) is 9.97. The molecule has 1 aromatic carbocycles. The van der Waals surface area contributed by atoms with Crippen LogP contribution in [0.3, 0.4) is 0 Å². The van der Waals surface area contributed by atoms with Crippen molar-refractivity contribution in [1.82, 2.24) is 9.97 Å². The van der Waals surface area contributed by atoms with Crippen molar-refractivity contribution in [3.8, 4) is 10.6 Å². The zero-order valence-corrected chi connectivity index (χ0v) is 12.3. The van der Waals surface area contributed by atoms with Gasteiger partial charge in [-0.05, 0) is 24.3 Å². The van der Waals surface area contributed by atoms with Crippen LogP contribution < -0.4 is 5.32 Å². The number of hydrogen-bond acceptors (Lipinski definition) is 4. The van der Waals surface area contributed by atoms with Crippen LogP contribution in [-0.2, 0) is 11.2 Å².